The number of aliphatic hydroxyl groups excluding tert-OH is 3. The highest BCUT2D eigenvalue weighted by Crippen LogP contribution is 2.36. The van der Waals surface area contributed by atoms with Gasteiger partial charge in [0.2, 0.25) is 0 Å². The maximum Gasteiger partial charge on any atom is 0.256 e. The number of hydrogen-bond acceptors (Lipinski definition) is 6. The van der Waals surface area contributed by atoms with Crippen molar-refractivity contribution in [3.8, 4) is 22.6 Å². The summed E-state index contributed by atoms with van der Waals surface area (Å²) in [6, 6.07) is 26.8. The van der Waals surface area contributed by atoms with Gasteiger partial charge in [-0.05, 0) is 11.1 Å². The number of aromatic nitrogens is 1. The molecule has 0 spiro atoms. The fraction of sp³-hybridized carbons (Fsp3) is 0.222. The Balaban J connectivity index is 1.49. The summed E-state index contributed by atoms with van der Waals surface area (Å²) in [6.45, 7) is 1.77. The summed E-state index contributed by atoms with van der Waals surface area (Å²) in [5, 5.41) is 31.1. The van der Waals surface area contributed by atoms with Crippen LogP contribution in [0.25, 0.3) is 22.6 Å². The minimum atomic E-state index is -0.822. The zero-order chi connectivity index (χ0) is 23.2. The van der Waals surface area contributed by atoms with Crippen LogP contribution in [0.15, 0.2) is 94.6 Å². The lowest BCUT2D eigenvalue weighted by Crippen LogP contribution is -2.26. The molecule has 0 amide bonds. The third-order valence-electron chi connectivity index (χ3n) is 5.68. The quantitative estimate of drug-likeness (QED) is 0.292. The molecular formula is C27H27NO4S. The lowest BCUT2D eigenvalue weighted by atomic mass is 9.93. The maximum absolute atomic E-state index is 10.7. The molecule has 3 N–H and O–H groups in total. The molecule has 4 aromatic rings. The highest BCUT2D eigenvalue weighted by atomic mass is 32.2. The summed E-state index contributed by atoms with van der Waals surface area (Å²) < 4.78 is 6.11. The van der Waals surface area contributed by atoms with Crippen LogP contribution >= 0.6 is 11.8 Å². The van der Waals surface area contributed by atoms with Gasteiger partial charge in [0.15, 0.2) is 5.76 Å². The number of rotatable bonds is 9. The first-order valence-corrected chi connectivity index (χ1v) is 11.9. The van der Waals surface area contributed by atoms with Crippen molar-refractivity contribution < 1.29 is 19.7 Å². The number of benzene rings is 3. The van der Waals surface area contributed by atoms with Crippen molar-refractivity contribution in [3.05, 3.63) is 96.1 Å². The van der Waals surface area contributed by atoms with E-state index in [2.05, 4.69) is 0 Å². The van der Waals surface area contributed by atoms with Crippen LogP contribution in [0, 0.1) is 5.92 Å². The first-order chi connectivity index (χ1) is 16.1. The zero-order valence-corrected chi connectivity index (χ0v) is 19.2. The molecule has 3 atom stereocenters. The summed E-state index contributed by atoms with van der Waals surface area (Å²) in [5.41, 5.74) is 4.14. The van der Waals surface area contributed by atoms with Crippen LogP contribution in [-0.4, -0.2) is 32.2 Å². The molecule has 3 aromatic carbocycles. The van der Waals surface area contributed by atoms with Crippen molar-refractivity contribution in [3.63, 3.8) is 0 Å². The standard InChI is InChI=1S/C27H27NO4S/c1-18(25(31)21-14-12-19(16-29)13-15-21)23(30)17-33-27-28-24(20-8-4-2-5-9-20)26(32-27)22-10-6-3-7-11-22/h2-15,18,23,25,29-31H,16-17H2,1H3/t18-,23+,25+/m1/s1. The number of oxazole rings is 1. The number of thioether (sulfide) groups is 1. The highest BCUT2D eigenvalue weighted by molar-refractivity contribution is 7.99. The predicted octanol–water partition coefficient (Wildman–Crippen LogP) is 5.32. The number of nitrogens with zero attached hydrogens (tertiary/aromatic N) is 1. The zero-order valence-electron chi connectivity index (χ0n) is 18.3. The number of aliphatic hydroxyl groups is 3. The van der Waals surface area contributed by atoms with Gasteiger partial charge < -0.3 is 19.7 Å². The average molecular weight is 462 g/mol. The molecule has 0 unspecified atom stereocenters. The predicted molar refractivity (Wildman–Crippen MR) is 131 cm³/mol. The summed E-state index contributed by atoms with van der Waals surface area (Å²) in [5.74, 6) is 0.626. The van der Waals surface area contributed by atoms with Gasteiger partial charge in [0.25, 0.3) is 5.22 Å². The third kappa shape index (κ3) is 5.54. The van der Waals surface area contributed by atoms with Crippen LogP contribution < -0.4 is 0 Å². The molecule has 170 valence electrons. The van der Waals surface area contributed by atoms with Gasteiger partial charge >= 0.3 is 0 Å². The second-order valence-corrected chi connectivity index (χ2v) is 8.94. The molecule has 33 heavy (non-hydrogen) atoms. The molecule has 0 radical (unpaired) electrons. The summed E-state index contributed by atoms with van der Waals surface area (Å²) in [4.78, 5) is 4.71. The molecular weight excluding hydrogens is 434 g/mol. The van der Waals surface area contributed by atoms with Crippen LogP contribution in [0.2, 0.25) is 0 Å². The van der Waals surface area contributed by atoms with E-state index in [1.165, 1.54) is 11.8 Å². The molecule has 0 saturated carbocycles. The lowest BCUT2D eigenvalue weighted by Gasteiger charge is -2.24. The molecule has 0 fully saturated rings. The second kappa shape index (κ2) is 10.8. The molecule has 0 aliphatic carbocycles. The van der Waals surface area contributed by atoms with E-state index in [9.17, 15) is 15.3 Å². The Labute approximate surface area is 197 Å². The van der Waals surface area contributed by atoms with E-state index >= 15 is 0 Å². The normalized spacial score (nSPS) is 14.1. The monoisotopic (exact) mass is 461 g/mol. The Morgan fingerprint density at radius 1 is 0.848 bits per heavy atom. The second-order valence-electron chi connectivity index (χ2n) is 7.97. The van der Waals surface area contributed by atoms with Gasteiger partial charge in [-0.15, -0.1) is 0 Å². The Hall–Kier alpha value is -2.90. The fourth-order valence-electron chi connectivity index (χ4n) is 3.58. The molecule has 1 heterocycles. The molecule has 0 bridgehead atoms. The van der Waals surface area contributed by atoms with Crippen LogP contribution in [-0.2, 0) is 6.61 Å². The fourth-order valence-corrected chi connectivity index (χ4v) is 4.50. The van der Waals surface area contributed by atoms with Crippen molar-refractivity contribution in [1.29, 1.82) is 0 Å². The van der Waals surface area contributed by atoms with E-state index in [1.54, 1.807) is 24.3 Å². The molecule has 0 aliphatic heterocycles. The van der Waals surface area contributed by atoms with Gasteiger partial charge in [0.05, 0.1) is 18.8 Å². The Morgan fingerprint density at radius 3 is 2.06 bits per heavy atom. The highest BCUT2D eigenvalue weighted by Gasteiger charge is 2.25. The van der Waals surface area contributed by atoms with Crippen molar-refractivity contribution in [2.45, 2.75) is 31.0 Å². The Bertz CT molecular complexity index is 1090. The van der Waals surface area contributed by atoms with Gasteiger partial charge in [-0.2, -0.15) is 0 Å². The molecule has 0 saturated heterocycles. The van der Waals surface area contributed by atoms with Gasteiger partial charge in [-0.1, -0.05) is 104 Å². The van der Waals surface area contributed by atoms with E-state index in [0.717, 1.165) is 22.4 Å². The topological polar surface area (TPSA) is 86.7 Å². The Kier molecular flexibility index (Phi) is 7.62. The average Bonchev–Trinajstić information content (AvgIpc) is 3.32. The first kappa shape index (κ1) is 23.3. The van der Waals surface area contributed by atoms with E-state index < -0.39 is 18.1 Å². The van der Waals surface area contributed by atoms with Gasteiger partial charge in [0.1, 0.15) is 5.69 Å². The summed E-state index contributed by atoms with van der Waals surface area (Å²) >= 11 is 1.33. The van der Waals surface area contributed by atoms with Gasteiger partial charge in [-0.25, -0.2) is 4.98 Å². The number of hydrogen-bond donors (Lipinski definition) is 3. The van der Waals surface area contributed by atoms with Gasteiger partial charge in [0, 0.05) is 22.8 Å². The SMILES string of the molecule is C[C@@H]([C@H](O)c1ccc(CO)cc1)[C@@H](O)CSc1nc(-c2ccccc2)c(-c2ccccc2)o1. The summed E-state index contributed by atoms with van der Waals surface area (Å²) in [7, 11) is 0. The van der Waals surface area contributed by atoms with Crippen molar-refractivity contribution in [1.82, 2.24) is 4.98 Å². The van der Waals surface area contributed by atoms with Crippen LogP contribution in [0.4, 0.5) is 0 Å². The maximum atomic E-state index is 10.7. The smallest absolute Gasteiger partial charge is 0.256 e. The van der Waals surface area contributed by atoms with Crippen molar-refractivity contribution >= 4 is 11.8 Å². The van der Waals surface area contributed by atoms with E-state index in [0.29, 0.717) is 22.3 Å². The van der Waals surface area contributed by atoms with Crippen LogP contribution in [0.5, 0.6) is 0 Å². The molecule has 5 nitrogen and oxygen atoms in total. The molecule has 6 heteroatoms. The summed E-state index contributed by atoms with van der Waals surface area (Å²) in [6.07, 6.45) is -1.59. The largest absolute Gasteiger partial charge is 0.431 e. The van der Waals surface area contributed by atoms with Crippen molar-refractivity contribution in [2.75, 3.05) is 5.75 Å². The van der Waals surface area contributed by atoms with Gasteiger partial charge in [-0.3, -0.25) is 0 Å². The minimum absolute atomic E-state index is 0.0444. The van der Waals surface area contributed by atoms with E-state index in [-0.39, 0.29) is 6.61 Å². The minimum Gasteiger partial charge on any atom is -0.431 e. The van der Waals surface area contributed by atoms with E-state index in [4.69, 9.17) is 9.40 Å². The van der Waals surface area contributed by atoms with Crippen LogP contribution in [0.1, 0.15) is 24.2 Å². The molecule has 4 rings (SSSR count). The van der Waals surface area contributed by atoms with Crippen LogP contribution in [0.3, 0.4) is 0 Å². The third-order valence-corrected chi connectivity index (χ3v) is 6.61. The first-order valence-electron chi connectivity index (χ1n) is 10.9. The molecule has 1 aromatic heterocycles. The Morgan fingerprint density at radius 2 is 1.45 bits per heavy atom. The lowest BCUT2D eigenvalue weighted by molar-refractivity contribution is 0.0329. The van der Waals surface area contributed by atoms with Crippen molar-refractivity contribution in [2.24, 2.45) is 5.92 Å². The van der Waals surface area contributed by atoms with E-state index in [1.807, 2.05) is 67.6 Å². The molecule has 0 aliphatic rings.